The average Bonchev–Trinajstić information content (AvgIpc) is 3.64. The van der Waals surface area contributed by atoms with Crippen LogP contribution in [-0.2, 0) is 25.7 Å². The summed E-state index contributed by atoms with van der Waals surface area (Å²) in [4.78, 5) is 7.31. The van der Waals surface area contributed by atoms with Crippen LogP contribution in [0.2, 0.25) is 0 Å². The molecule has 4 aromatic carbocycles. The fraction of sp³-hybridized carbons (Fsp3) is 0.429. The molecule has 2 unspecified atom stereocenters. The van der Waals surface area contributed by atoms with Gasteiger partial charge in [-0.1, -0.05) is 18.2 Å². The highest BCUT2D eigenvalue weighted by molar-refractivity contribution is 5.64. The Morgan fingerprint density at radius 1 is 0.712 bits per heavy atom. The van der Waals surface area contributed by atoms with Gasteiger partial charge < -0.3 is 33.7 Å². The monoisotopic (exact) mass is 704 g/mol. The molecule has 1 saturated heterocycles. The summed E-state index contributed by atoms with van der Waals surface area (Å²) in [6.07, 6.45) is 3.40. The van der Waals surface area contributed by atoms with Gasteiger partial charge in [-0.15, -0.1) is 0 Å². The third-order valence-electron chi connectivity index (χ3n) is 11.5. The first-order chi connectivity index (χ1) is 25.5. The summed E-state index contributed by atoms with van der Waals surface area (Å²) in [7, 11) is 6.13. The van der Waals surface area contributed by atoms with Crippen molar-refractivity contribution in [1.29, 1.82) is 0 Å². The van der Waals surface area contributed by atoms with Gasteiger partial charge in [0.1, 0.15) is 12.4 Å². The van der Waals surface area contributed by atoms with Crippen molar-refractivity contribution >= 4 is 0 Å². The van der Waals surface area contributed by atoms with Crippen molar-refractivity contribution in [3.8, 4) is 46.0 Å². The van der Waals surface area contributed by atoms with Gasteiger partial charge >= 0.3 is 0 Å². The molecule has 1 N–H and O–H groups in total. The summed E-state index contributed by atoms with van der Waals surface area (Å²) in [6, 6.07) is 21.8. The molecule has 4 aromatic rings. The Kier molecular flexibility index (Phi) is 9.08. The number of methoxy groups -OCH3 is 1. The van der Waals surface area contributed by atoms with Crippen LogP contribution in [0.5, 0.6) is 46.0 Å². The van der Waals surface area contributed by atoms with E-state index in [9.17, 15) is 0 Å². The number of benzene rings is 4. The molecule has 52 heavy (non-hydrogen) atoms. The van der Waals surface area contributed by atoms with E-state index in [0.29, 0.717) is 23.9 Å². The lowest BCUT2D eigenvalue weighted by molar-refractivity contribution is 0.171. The van der Waals surface area contributed by atoms with Gasteiger partial charge in [0.15, 0.2) is 34.5 Å². The standard InChI is InChI=1S/C42H48N4O6/c1-44-14-10-29-23-39-37(47-3)24-32(29)34(44)21-28-6-9-36(48-19-18-46-16-12-43-13-17-46)38(22-28)51-30-7-4-27(5-8-30)20-35-33-25-40-42(50-26-49-40)41(52-39)31(33)11-15-45(35)2/h4-9,22-25,34-35,43H,10-21,26H2,1-3H3. The molecule has 0 spiro atoms. The number of nitrogens with zero attached hydrogens (tertiary/aromatic N) is 3. The van der Waals surface area contributed by atoms with E-state index in [-0.39, 0.29) is 18.9 Å². The van der Waals surface area contributed by atoms with Crippen LogP contribution >= 0.6 is 0 Å². The van der Waals surface area contributed by atoms with Crippen LogP contribution in [0.1, 0.15) is 45.5 Å². The largest absolute Gasteiger partial charge is 0.493 e. The molecule has 0 radical (unpaired) electrons. The summed E-state index contributed by atoms with van der Waals surface area (Å²) in [6.45, 7) is 7.64. The topological polar surface area (TPSA) is 77.1 Å². The van der Waals surface area contributed by atoms with E-state index in [1.165, 1.54) is 33.4 Å². The summed E-state index contributed by atoms with van der Waals surface area (Å²) < 4.78 is 38.2. The number of fused-ring (bicyclic) bond motifs is 1. The van der Waals surface area contributed by atoms with Crippen LogP contribution in [0.25, 0.3) is 0 Å². The van der Waals surface area contributed by atoms with Gasteiger partial charge in [0.25, 0.3) is 0 Å². The Morgan fingerprint density at radius 2 is 1.46 bits per heavy atom. The van der Waals surface area contributed by atoms with Crippen LogP contribution in [0.4, 0.5) is 0 Å². The number of piperazine rings is 1. The fourth-order valence-corrected chi connectivity index (χ4v) is 8.49. The van der Waals surface area contributed by atoms with Crippen molar-refractivity contribution in [1.82, 2.24) is 20.0 Å². The third kappa shape index (κ3) is 6.42. The molecule has 0 aromatic heterocycles. The minimum Gasteiger partial charge on any atom is -0.493 e. The first kappa shape index (κ1) is 33.4. The highest BCUT2D eigenvalue weighted by Crippen LogP contribution is 2.52. The van der Waals surface area contributed by atoms with Crippen molar-refractivity contribution < 1.29 is 28.4 Å². The number of nitrogens with one attached hydrogen (secondary N) is 1. The SMILES string of the molecule is COc1cc2c3cc1Oc1c4c(cc5c1OCO5)C(Cc1ccc(cc1)Oc1cc(ccc1OCCN1CCNCC1)CC2N(C)CC3)N(C)CC4. The molecule has 12 rings (SSSR count). The van der Waals surface area contributed by atoms with Gasteiger partial charge in [-0.2, -0.15) is 0 Å². The molecule has 0 amide bonds. The highest BCUT2D eigenvalue weighted by Gasteiger charge is 2.35. The predicted molar refractivity (Wildman–Crippen MR) is 199 cm³/mol. The number of ether oxygens (including phenoxy) is 6. The van der Waals surface area contributed by atoms with E-state index >= 15 is 0 Å². The maximum Gasteiger partial charge on any atom is 0.231 e. The second kappa shape index (κ2) is 14.2. The molecular formula is C42H48N4O6. The van der Waals surface area contributed by atoms with Crippen molar-refractivity contribution in [3.05, 3.63) is 94.0 Å². The lowest BCUT2D eigenvalue weighted by Gasteiger charge is -2.36. The van der Waals surface area contributed by atoms with Gasteiger partial charge in [-0.3, -0.25) is 14.7 Å². The smallest absolute Gasteiger partial charge is 0.231 e. The molecule has 8 heterocycles. The van der Waals surface area contributed by atoms with Gasteiger partial charge in [0.05, 0.1) is 7.11 Å². The maximum atomic E-state index is 6.93. The molecule has 1 fully saturated rings. The van der Waals surface area contributed by atoms with Gasteiger partial charge in [-0.05, 0) is 110 Å². The normalized spacial score (nSPS) is 21.4. The summed E-state index contributed by atoms with van der Waals surface area (Å²) >= 11 is 0. The minimum atomic E-state index is 0.132. The quantitative estimate of drug-likeness (QED) is 0.262. The number of hydrogen-bond acceptors (Lipinski definition) is 10. The first-order valence-electron chi connectivity index (χ1n) is 18.7. The van der Waals surface area contributed by atoms with Crippen molar-refractivity contribution in [3.63, 3.8) is 0 Å². The van der Waals surface area contributed by atoms with Crippen molar-refractivity contribution in [2.24, 2.45) is 0 Å². The Morgan fingerprint density at radius 3 is 2.29 bits per heavy atom. The molecule has 8 aliphatic rings. The van der Waals surface area contributed by atoms with Gasteiger partial charge in [-0.25, -0.2) is 0 Å². The Bertz CT molecular complexity index is 1940. The summed E-state index contributed by atoms with van der Waals surface area (Å²) in [5.74, 6) is 5.85. The molecule has 272 valence electrons. The Balaban J connectivity index is 1.13. The molecule has 8 aliphatic heterocycles. The lowest BCUT2D eigenvalue weighted by atomic mass is 9.87. The van der Waals surface area contributed by atoms with Crippen LogP contribution in [0, 0.1) is 0 Å². The predicted octanol–water partition coefficient (Wildman–Crippen LogP) is 6.15. The highest BCUT2D eigenvalue weighted by atomic mass is 16.7. The van der Waals surface area contributed by atoms with E-state index < -0.39 is 0 Å². The zero-order valence-corrected chi connectivity index (χ0v) is 30.4. The molecule has 10 nitrogen and oxygen atoms in total. The molecule has 12 bridgehead atoms. The van der Waals surface area contributed by atoms with E-state index in [1.807, 2.05) is 0 Å². The molecule has 0 aliphatic carbocycles. The van der Waals surface area contributed by atoms with Crippen LogP contribution < -0.4 is 33.7 Å². The van der Waals surface area contributed by atoms with Crippen LogP contribution in [0.3, 0.4) is 0 Å². The number of likely N-dealkylation sites (N-methyl/N-ethyl adjacent to an activating group) is 2. The van der Waals surface area contributed by atoms with Crippen LogP contribution in [0.15, 0.2) is 60.7 Å². The number of rotatable bonds is 5. The van der Waals surface area contributed by atoms with Gasteiger partial charge in [0, 0.05) is 63.5 Å². The zero-order chi connectivity index (χ0) is 35.2. The van der Waals surface area contributed by atoms with E-state index in [0.717, 1.165) is 100 Å². The number of hydrogen-bond donors (Lipinski definition) is 1. The first-order valence-corrected chi connectivity index (χ1v) is 18.7. The van der Waals surface area contributed by atoms with E-state index in [4.69, 9.17) is 28.4 Å². The Labute approximate surface area is 306 Å². The lowest BCUT2D eigenvalue weighted by Crippen LogP contribution is -2.44. The molecule has 0 saturated carbocycles. The van der Waals surface area contributed by atoms with E-state index in [2.05, 4.69) is 94.8 Å². The van der Waals surface area contributed by atoms with Crippen molar-refractivity contribution in [2.75, 3.05) is 80.4 Å². The molecular weight excluding hydrogens is 656 g/mol. The Hall–Kier alpha value is -4.48. The average molecular weight is 705 g/mol. The summed E-state index contributed by atoms with van der Waals surface area (Å²) in [5, 5.41) is 3.43. The zero-order valence-electron chi connectivity index (χ0n) is 30.4. The minimum absolute atomic E-state index is 0.132. The second-order valence-electron chi connectivity index (χ2n) is 14.7. The second-order valence-corrected chi connectivity index (χ2v) is 14.7. The molecule has 2 atom stereocenters. The maximum absolute atomic E-state index is 6.93. The fourth-order valence-electron chi connectivity index (χ4n) is 8.49. The summed E-state index contributed by atoms with van der Waals surface area (Å²) in [5.41, 5.74) is 7.31. The third-order valence-corrected chi connectivity index (χ3v) is 11.5. The molecule has 10 heteroatoms. The van der Waals surface area contributed by atoms with Gasteiger partial charge in [0.2, 0.25) is 12.5 Å². The van der Waals surface area contributed by atoms with Crippen LogP contribution in [-0.4, -0.2) is 95.1 Å². The van der Waals surface area contributed by atoms with E-state index in [1.54, 1.807) is 7.11 Å². The van der Waals surface area contributed by atoms with Crippen molar-refractivity contribution in [2.45, 2.75) is 37.8 Å².